The van der Waals surface area contributed by atoms with Crippen molar-refractivity contribution in [3.05, 3.63) is 33.5 Å². The first-order chi connectivity index (χ1) is 7.58. The van der Waals surface area contributed by atoms with Crippen LogP contribution in [0.1, 0.15) is 5.69 Å². The number of hydrogen-bond acceptors (Lipinski definition) is 4. The summed E-state index contributed by atoms with van der Waals surface area (Å²) >= 11 is 2.11. The van der Waals surface area contributed by atoms with Gasteiger partial charge in [-0.05, 0) is 41.6 Å². The lowest BCUT2D eigenvalue weighted by molar-refractivity contribution is 0.475. The van der Waals surface area contributed by atoms with Gasteiger partial charge >= 0.3 is 0 Å². The van der Waals surface area contributed by atoms with Gasteiger partial charge in [0.2, 0.25) is 0 Å². The maximum Gasteiger partial charge on any atom is 0.161 e. The molecule has 5 heteroatoms. The van der Waals surface area contributed by atoms with Gasteiger partial charge in [0, 0.05) is 5.56 Å². The number of phenolic OH excluding ortho intramolecular Hbond substituents is 1. The Labute approximate surface area is 107 Å². The predicted molar refractivity (Wildman–Crippen MR) is 71.0 cm³/mol. The molecule has 1 aromatic carbocycles. The lowest BCUT2D eigenvalue weighted by atomic mass is 10.2. The van der Waals surface area contributed by atoms with Crippen molar-refractivity contribution < 1.29 is 5.11 Å². The largest absolute Gasteiger partial charge is 0.508 e. The number of nitrogens with two attached hydrogens (primary N) is 1. The van der Waals surface area contributed by atoms with Crippen LogP contribution in [0.15, 0.2) is 24.3 Å². The summed E-state index contributed by atoms with van der Waals surface area (Å²) in [6.07, 6.45) is 0. The molecule has 0 unspecified atom stereocenters. The van der Waals surface area contributed by atoms with E-state index in [0.29, 0.717) is 11.6 Å². The number of nitrogens with zero attached hydrogens (tertiary/aromatic N) is 2. The van der Waals surface area contributed by atoms with E-state index in [1.54, 1.807) is 18.2 Å². The summed E-state index contributed by atoms with van der Waals surface area (Å²) in [5, 5.41) is 9.38. The number of aromatic hydroxyl groups is 1. The number of benzene rings is 1. The minimum Gasteiger partial charge on any atom is -0.508 e. The molecule has 0 aliphatic carbocycles. The molecule has 0 aliphatic rings. The van der Waals surface area contributed by atoms with Crippen molar-refractivity contribution in [1.82, 2.24) is 9.97 Å². The Balaban J connectivity index is 2.57. The standard InChI is InChI=1S/C11H10IN3O/c1-6-9(12)10(13)15-11(14-6)7-3-2-4-8(16)5-7/h2-5,16H,1H3,(H2,13,14,15). The van der Waals surface area contributed by atoms with E-state index in [2.05, 4.69) is 32.6 Å². The van der Waals surface area contributed by atoms with E-state index in [9.17, 15) is 5.11 Å². The van der Waals surface area contributed by atoms with Crippen molar-refractivity contribution in [1.29, 1.82) is 0 Å². The monoisotopic (exact) mass is 327 g/mol. The summed E-state index contributed by atoms with van der Waals surface area (Å²) in [6, 6.07) is 6.80. The van der Waals surface area contributed by atoms with Gasteiger partial charge in [-0.25, -0.2) is 9.97 Å². The Hall–Kier alpha value is -1.37. The van der Waals surface area contributed by atoms with Gasteiger partial charge in [-0.2, -0.15) is 0 Å². The highest BCUT2D eigenvalue weighted by molar-refractivity contribution is 14.1. The third kappa shape index (κ3) is 2.08. The third-order valence-corrected chi connectivity index (χ3v) is 3.48. The molecule has 3 N–H and O–H groups in total. The van der Waals surface area contributed by atoms with Crippen molar-refractivity contribution in [3.63, 3.8) is 0 Å². The molecule has 2 rings (SSSR count). The van der Waals surface area contributed by atoms with Crippen LogP contribution in [0.25, 0.3) is 11.4 Å². The van der Waals surface area contributed by atoms with Crippen LogP contribution in [0.2, 0.25) is 0 Å². The Morgan fingerprint density at radius 3 is 2.69 bits per heavy atom. The molecule has 0 saturated heterocycles. The first-order valence-electron chi connectivity index (χ1n) is 4.67. The highest BCUT2D eigenvalue weighted by Crippen LogP contribution is 2.23. The number of nitrogen functional groups attached to an aromatic ring is 1. The van der Waals surface area contributed by atoms with E-state index in [4.69, 9.17) is 5.73 Å². The number of hydrogen-bond donors (Lipinski definition) is 2. The Kier molecular flexibility index (Phi) is 2.95. The molecular formula is C11H10IN3O. The van der Waals surface area contributed by atoms with Crippen LogP contribution < -0.4 is 5.73 Å². The van der Waals surface area contributed by atoms with Crippen LogP contribution in [0.4, 0.5) is 5.82 Å². The van der Waals surface area contributed by atoms with Gasteiger partial charge in [0.05, 0.1) is 9.26 Å². The molecule has 0 saturated carbocycles. The van der Waals surface area contributed by atoms with E-state index >= 15 is 0 Å². The number of aryl methyl sites for hydroxylation is 1. The van der Waals surface area contributed by atoms with Crippen molar-refractivity contribution in [2.45, 2.75) is 6.92 Å². The maximum absolute atomic E-state index is 9.38. The fourth-order valence-corrected chi connectivity index (χ4v) is 1.60. The fourth-order valence-electron chi connectivity index (χ4n) is 1.36. The summed E-state index contributed by atoms with van der Waals surface area (Å²) < 4.78 is 0.863. The van der Waals surface area contributed by atoms with Gasteiger partial charge in [-0.15, -0.1) is 0 Å². The Morgan fingerprint density at radius 1 is 1.31 bits per heavy atom. The molecule has 1 aromatic heterocycles. The van der Waals surface area contributed by atoms with Crippen LogP contribution in [-0.2, 0) is 0 Å². The molecule has 0 radical (unpaired) electrons. The number of phenols is 1. The number of halogens is 1. The molecular weight excluding hydrogens is 317 g/mol. The van der Waals surface area contributed by atoms with E-state index in [1.807, 2.05) is 13.0 Å². The number of aromatic nitrogens is 2. The first kappa shape index (κ1) is 11.1. The van der Waals surface area contributed by atoms with Crippen molar-refractivity contribution in [2.24, 2.45) is 0 Å². The minimum absolute atomic E-state index is 0.191. The van der Waals surface area contributed by atoms with Crippen LogP contribution in [0.5, 0.6) is 5.75 Å². The molecule has 0 spiro atoms. The van der Waals surface area contributed by atoms with Crippen molar-refractivity contribution in [3.8, 4) is 17.1 Å². The summed E-state index contributed by atoms with van der Waals surface area (Å²) in [5.74, 6) is 1.19. The molecule has 2 aromatic rings. The zero-order chi connectivity index (χ0) is 11.7. The summed E-state index contributed by atoms with van der Waals surface area (Å²) in [6.45, 7) is 1.88. The van der Waals surface area contributed by atoms with E-state index < -0.39 is 0 Å². The topological polar surface area (TPSA) is 72.0 Å². The second-order valence-electron chi connectivity index (χ2n) is 3.38. The summed E-state index contributed by atoms with van der Waals surface area (Å²) in [7, 11) is 0. The van der Waals surface area contributed by atoms with Crippen molar-refractivity contribution in [2.75, 3.05) is 5.73 Å². The zero-order valence-electron chi connectivity index (χ0n) is 8.61. The zero-order valence-corrected chi connectivity index (χ0v) is 10.8. The minimum atomic E-state index is 0.191. The molecule has 0 bridgehead atoms. The molecule has 1 heterocycles. The molecule has 0 aliphatic heterocycles. The molecule has 0 atom stereocenters. The molecule has 4 nitrogen and oxygen atoms in total. The van der Waals surface area contributed by atoms with Gasteiger partial charge in [0.15, 0.2) is 5.82 Å². The Bertz CT molecular complexity index is 519. The highest BCUT2D eigenvalue weighted by Gasteiger charge is 2.08. The lowest BCUT2D eigenvalue weighted by Crippen LogP contribution is -2.01. The van der Waals surface area contributed by atoms with E-state index in [-0.39, 0.29) is 5.75 Å². The number of rotatable bonds is 1. The second kappa shape index (κ2) is 4.25. The second-order valence-corrected chi connectivity index (χ2v) is 4.46. The smallest absolute Gasteiger partial charge is 0.161 e. The fraction of sp³-hybridized carbons (Fsp3) is 0.0909. The quantitative estimate of drug-likeness (QED) is 0.789. The molecule has 0 fully saturated rings. The van der Waals surface area contributed by atoms with Crippen LogP contribution in [0, 0.1) is 10.5 Å². The van der Waals surface area contributed by atoms with Crippen LogP contribution in [-0.4, -0.2) is 15.1 Å². The highest BCUT2D eigenvalue weighted by atomic mass is 127. The van der Waals surface area contributed by atoms with Gasteiger partial charge in [0.25, 0.3) is 0 Å². The lowest BCUT2D eigenvalue weighted by Gasteiger charge is -2.06. The molecule has 0 amide bonds. The molecule has 16 heavy (non-hydrogen) atoms. The van der Waals surface area contributed by atoms with E-state index in [0.717, 1.165) is 14.8 Å². The van der Waals surface area contributed by atoms with Crippen molar-refractivity contribution >= 4 is 28.4 Å². The summed E-state index contributed by atoms with van der Waals surface area (Å²) in [5.41, 5.74) is 7.37. The van der Waals surface area contributed by atoms with Crippen LogP contribution in [0.3, 0.4) is 0 Å². The predicted octanol–water partition coefficient (Wildman–Crippen LogP) is 2.34. The summed E-state index contributed by atoms with van der Waals surface area (Å²) in [4.78, 5) is 8.53. The average Bonchev–Trinajstić information content (AvgIpc) is 2.25. The van der Waals surface area contributed by atoms with Gasteiger partial charge in [0.1, 0.15) is 11.6 Å². The normalized spacial score (nSPS) is 10.4. The average molecular weight is 327 g/mol. The first-order valence-corrected chi connectivity index (χ1v) is 5.75. The maximum atomic E-state index is 9.38. The Morgan fingerprint density at radius 2 is 2.06 bits per heavy atom. The van der Waals surface area contributed by atoms with Gasteiger partial charge in [-0.3, -0.25) is 0 Å². The van der Waals surface area contributed by atoms with E-state index in [1.165, 1.54) is 0 Å². The van der Waals surface area contributed by atoms with Crippen LogP contribution >= 0.6 is 22.6 Å². The third-order valence-electron chi connectivity index (χ3n) is 2.15. The SMILES string of the molecule is Cc1nc(-c2cccc(O)c2)nc(N)c1I. The van der Waals surface area contributed by atoms with Gasteiger partial charge in [-0.1, -0.05) is 12.1 Å². The molecule has 82 valence electrons. The van der Waals surface area contributed by atoms with Gasteiger partial charge < -0.3 is 10.8 Å². The number of anilines is 1.